The van der Waals surface area contributed by atoms with Crippen LogP contribution in [0.15, 0.2) is 18.2 Å². The molecule has 1 aliphatic rings. The van der Waals surface area contributed by atoms with Gasteiger partial charge >= 0.3 is 0 Å². The van der Waals surface area contributed by atoms with Gasteiger partial charge in [-0.05, 0) is 49.7 Å². The molecule has 3 nitrogen and oxygen atoms in total. The maximum atomic E-state index is 11.2. The highest BCUT2D eigenvalue weighted by molar-refractivity contribution is 9.09. The van der Waals surface area contributed by atoms with Gasteiger partial charge in [0.15, 0.2) is 0 Å². The van der Waals surface area contributed by atoms with E-state index in [1.54, 1.807) is 12.1 Å². The molecule has 0 saturated heterocycles. The molecule has 0 spiro atoms. The summed E-state index contributed by atoms with van der Waals surface area (Å²) in [5.74, 6) is 1.21. The molecule has 2 rings (SSSR count). The van der Waals surface area contributed by atoms with Crippen LogP contribution in [0.25, 0.3) is 0 Å². The van der Waals surface area contributed by atoms with E-state index in [4.69, 9.17) is 11.6 Å². The molecule has 3 unspecified atom stereocenters. The van der Waals surface area contributed by atoms with Gasteiger partial charge in [-0.15, -0.1) is 0 Å². The molecule has 0 N–H and O–H groups in total. The van der Waals surface area contributed by atoms with Crippen LogP contribution < -0.4 is 0 Å². The first-order valence-corrected chi connectivity index (χ1v) is 8.87. The number of halogens is 2. The summed E-state index contributed by atoms with van der Waals surface area (Å²) in [5.41, 5.74) is 0.954. The van der Waals surface area contributed by atoms with Crippen molar-refractivity contribution in [3.05, 3.63) is 38.9 Å². The molecule has 1 aromatic rings. The average Bonchev–Trinajstić information content (AvgIpc) is 2.42. The molecular formula is C16H21BrClNO2. The second-order valence-electron chi connectivity index (χ2n) is 5.98. The third-order valence-electron chi connectivity index (χ3n) is 4.42. The lowest BCUT2D eigenvalue weighted by Crippen LogP contribution is -2.27. The van der Waals surface area contributed by atoms with Crippen LogP contribution >= 0.6 is 27.5 Å². The van der Waals surface area contributed by atoms with Gasteiger partial charge in [-0.1, -0.05) is 47.3 Å². The molecule has 0 aromatic heterocycles. The lowest BCUT2D eigenvalue weighted by molar-refractivity contribution is -0.385. The van der Waals surface area contributed by atoms with E-state index in [1.807, 2.05) is 0 Å². The zero-order valence-corrected chi connectivity index (χ0v) is 14.6. The highest BCUT2D eigenvalue weighted by Gasteiger charge is 2.30. The lowest BCUT2D eigenvalue weighted by atomic mass is 9.77. The molecule has 1 saturated carbocycles. The van der Waals surface area contributed by atoms with E-state index in [0.29, 0.717) is 15.8 Å². The zero-order valence-electron chi connectivity index (χ0n) is 12.2. The van der Waals surface area contributed by atoms with E-state index < -0.39 is 0 Å². The molecule has 0 radical (unpaired) electrons. The fraction of sp³-hybridized carbons (Fsp3) is 0.625. The number of nitrogens with zero attached hydrogens (tertiary/aromatic N) is 1. The molecular weight excluding hydrogens is 354 g/mol. The first kappa shape index (κ1) is 16.8. The number of benzene rings is 1. The van der Waals surface area contributed by atoms with Crippen LogP contribution in [0.2, 0.25) is 5.02 Å². The third-order valence-corrected chi connectivity index (χ3v) is 5.86. The zero-order chi connectivity index (χ0) is 15.4. The molecule has 0 bridgehead atoms. The van der Waals surface area contributed by atoms with Gasteiger partial charge in [-0.25, -0.2) is 0 Å². The summed E-state index contributed by atoms with van der Waals surface area (Å²) in [7, 11) is 0. The van der Waals surface area contributed by atoms with Crippen molar-refractivity contribution in [1.29, 1.82) is 0 Å². The van der Waals surface area contributed by atoms with Crippen LogP contribution in [0.4, 0.5) is 5.69 Å². The van der Waals surface area contributed by atoms with Crippen molar-refractivity contribution in [3.63, 3.8) is 0 Å². The maximum Gasteiger partial charge on any atom is 0.272 e. The Kier molecular flexibility index (Phi) is 6.06. The standard InChI is InChI=1S/C16H21BrClNO2/c1-2-3-11-4-6-15(17)12(8-11)9-13-10-14(18)5-7-16(13)19(20)21/h5,7,10-12,15H,2-4,6,8-9H2,1H3. The van der Waals surface area contributed by atoms with Crippen molar-refractivity contribution >= 4 is 33.2 Å². The normalized spacial score (nSPS) is 25.8. The minimum absolute atomic E-state index is 0.191. The molecule has 0 heterocycles. The number of alkyl halides is 1. The predicted molar refractivity (Wildman–Crippen MR) is 90.3 cm³/mol. The summed E-state index contributed by atoms with van der Waals surface area (Å²) in [4.78, 5) is 11.3. The van der Waals surface area contributed by atoms with Crippen LogP contribution in [0, 0.1) is 22.0 Å². The van der Waals surface area contributed by atoms with E-state index >= 15 is 0 Å². The van der Waals surface area contributed by atoms with Gasteiger partial charge in [0.2, 0.25) is 0 Å². The Balaban J connectivity index is 2.15. The van der Waals surface area contributed by atoms with Gasteiger partial charge < -0.3 is 0 Å². The predicted octanol–water partition coefficient (Wildman–Crippen LogP) is 5.77. The Morgan fingerprint density at radius 1 is 1.43 bits per heavy atom. The SMILES string of the molecule is CCCC1CCC(Br)C(Cc2cc(Cl)ccc2[N+](=O)[O-])C1. The van der Waals surface area contributed by atoms with E-state index in [-0.39, 0.29) is 10.6 Å². The van der Waals surface area contributed by atoms with Crippen LogP contribution in [-0.4, -0.2) is 9.75 Å². The van der Waals surface area contributed by atoms with Crippen molar-refractivity contribution in [1.82, 2.24) is 0 Å². The quantitative estimate of drug-likeness (QED) is 0.373. The van der Waals surface area contributed by atoms with Crippen LogP contribution in [0.5, 0.6) is 0 Å². The Morgan fingerprint density at radius 3 is 2.86 bits per heavy atom. The summed E-state index contributed by atoms with van der Waals surface area (Å²) in [6, 6.07) is 4.87. The van der Waals surface area contributed by atoms with Crippen LogP contribution in [-0.2, 0) is 6.42 Å². The second kappa shape index (κ2) is 7.59. The molecule has 1 fully saturated rings. The van der Waals surface area contributed by atoms with Crippen molar-refractivity contribution in [2.24, 2.45) is 11.8 Å². The van der Waals surface area contributed by atoms with E-state index in [0.717, 1.165) is 30.7 Å². The second-order valence-corrected chi connectivity index (χ2v) is 7.59. The van der Waals surface area contributed by atoms with Gasteiger partial charge in [0, 0.05) is 21.5 Å². The number of hydrogen-bond donors (Lipinski definition) is 0. The van der Waals surface area contributed by atoms with Gasteiger partial charge in [0.1, 0.15) is 0 Å². The molecule has 3 atom stereocenters. The fourth-order valence-corrected chi connectivity index (χ4v) is 4.25. The third kappa shape index (κ3) is 4.43. The van der Waals surface area contributed by atoms with Gasteiger partial charge in [0.05, 0.1) is 4.92 Å². The van der Waals surface area contributed by atoms with Gasteiger partial charge in [-0.2, -0.15) is 0 Å². The van der Waals surface area contributed by atoms with Gasteiger partial charge in [0.25, 0.3) is 5.69 Å². The number of hydrogen-bond acceptors (Lipinski definition) is 2. The van der Waals surface area contributed by atoms with E-state index in [9.17, 15) is 10.1 Å². The summed E-state index contributed by atoms with van der Waals surface area (Å²) in [6.07, 6.45) is 6.76. The molecule has 0 aliphatic heterocycles. The van der Waals surface area contributed by atoms with Gasteiger partial charge in [-0.3, -0.25) is 10.1 Å². The molecule has 21 heavy (non-hydrogen) atoms. The summed E-state index contributed by atoms with van der Waals surface area (Å²) in [6.45, 7) is 2.22. The summed E-state index contributed by atoms with van der Waals surface area (Å²) in [5, 5.41) is 11.7. The van der Waals surface area contributed by atoms with Crippen LogP contribution in [0.1, 0.15) is 44.6 Å². The average molecular weight is 375 g/mol. The number of nitro groups is 1. The first-order valence-electron chi connectivity index (χ1n) is 7.58. The number of nitro benzene ring substituents is 1. The van der Waals surface area contributed by atoms with Crippen molar-refractivity contribution < 1.29 is 4.92 Å². The Labute approximate surface area is 139 Å². The molecule has 5 heteroatoms. The Morgan fingerprint density at radius 2 is 2.19 bits per heavy atom. The molecule has 0 amide bonds. The van der Waals surface area contributed by atoms with Crippen molar-refractivity contribution in [2.75, 3.05) is 0 Å². The minimum atomic E-state index is -0.304. The first-order chi connectivity index (χ1) is 10.0. The summed E-state index contributed by atoms with van der Waals surface area (Å²) < 4.78 is 0. The highest BCUT2D eigenvalue weighted by Crippen LogP contribution is 2.39. The minimum Gasteiger partial charge on any atom is -0.258 e. The maximum absolute atomic E-state index is 11.2. The molecule has 1 aromatic carbocycles. The Bertz CT molecular complexity index is 509. The molecule has 1 aliphatic carbocycles. The Hall–Kier alpha value is -0.610. The van der Waals surface area contributed by atoms with Crippen molar-refractivity contribution in [3.8, 4) is 0 Å². The molecule has 116 valence electrons. The number of rotatable bonds is 5. The lowest BCUT2D eigenvalue weighted by Gasteiger charge is -2.33. The topological polar surface area (TPSA) is 43.1 Å². The monoisotopic (exact) mass is 373 g/mol. The summed E-state index contributed by atoms with van der Waals surface area (Å²) >= 11 is 9.79. The van der Waals surface area contributed by atoms with E-state index in [2.05, 4.69) is 22.9 Å². The smallest absolute Gasteiger partial charge is 0.258 e. The highest BCUT2D eigenvalue weighted by atomic mass is 79.9. The van der Waals surface area contributed by atoms with E-state index in [1.165, 1.54) is 25.3 Å². The van der Waals surface area contributed by atoms with Crippen LogP contribution in [0.3, 0.4) is 0 Å². The van der Waals surface area contributed by atoms with Crippen molar-refractivity contribution in [2.45, 2.75) is 50.3 Å². The largest absolute Gasteiger partial charge is 0.272 e. The fourth-order valence-electron chi connectivity index (χ4n) is 3.38.